The molecule has 0 aliphatic carbocycles. The Morgan fingerprint density at radius 3 is 2.57 bits per heavy atom. The van der Waals surface area contributed by atoms with E-state index in [1.54, 1.807) is 18.5 Å². The smallest absolute Gasteiger partial charge is 0.332 e. The van der Waals surface area contributed by atoms with Crippen LogP contribution >= 0.6 is 0 Å². The third-order valence-corrected chi connectivity index (χ3v) is 3.49. The topological polar surface area (TPSA) is 101 Å². The standard InChI is InChI=1S/C12H14N6O3/c1-6(10-14-7(2)15-21-10)18-5-13-9-8(18)11(19)17(4)12(20)16(9)3/h5-6H,1-4H3/t6-/m1/s1. The zero-order valence-electron chi connectivity index (χ0n) is 12.1. The second-order valence-electron chi connectivity index (χ2n) is 4.89. The number of aryl methyl sites for hydroxylation is 2. The molecule has 3 aromatic rings. The van der Waals surface area contributed by atoms with Crippen molar-refractivity contribution in [3.63, 3.8) is 0 Å². The molecule has 9 nitrogen and oxygen atoms in total. The fourth-order valence-corrected chi connectivity index (χ4v) is 2.26. The molecule has 110 valence electrons. The molecule has 21 heavy (non-hydrogen) atoms. The molecule has 0 spiro atoms. The number of fused-ring (bicyclic) bond motifs is 1. The van der Waals surface area contributed by atoms with Crippen LogP contribution in [0.2, 0.25) is 0 Å². The van der Waals surface area contributed by atoms with Gasteiger partial charge in [-0.15, -0.1) is 0 Å². The minimum absolute atomic E-state index is 0.322. The molecular weight excluding hydrogens is 276 g/mol. The van der Waals surface area contributed by atoms with Gasteiger partial charge in [-0.2, -0.15) is 4.98 Å². The Morgan fingerprint density at radius 1 is 1.24 bits per heavy atom. The lowest BCUT2D eigenvalue weighted by molar-refractivity contribution is 0.345. The Morgan fingerprint density at radius 2 is 1.95 bits per heavy atom. The van der Waals surface area contributed by atoms with Crippen LogP contribution in [0.1, 0.15) is 24.7 Å². The highest BCUT2D eigenvalue weighted by molar-refractivity contribution is 5.70. The average Bonchev–Trinajstić information content (AvgIpc) is 3.08. The summed E-state index contributed by atoms with van der Waals surface area (Å²) in [6, 6.07) is -0.360. The van der Waals surface area contributed by atoms with Crippen LogP contribution < -0.4 is 11.2 Å². The van der Waals surface area contributed by atoms with Crippen LogP contribution in [0, 0.1) is 6.92 Å². The van der Waals surface area contributed by atoms with Crippen molar-refractivity contribution in [1.29, 1.82) is 0 Å². The summed E-state index contributed by atoms with van der Waals surface area (Å²) < 4.78 is 9.15. The molecule has 0 N–H and O–H groups in total. The van der Waals surface area contributed by atoms with Crippen molar-refractivity contribution in [3.05, 3.63) is 38.9 Å². The summed E-state index contributed by atoms with van der Waals surface area (Å²) in [5.41, 5.74) is -0.179. The maximum Gasteiger partial charge on any atom is 0.332 e. The van der Waals surface area contributed by atoms with Crippen LogP contribution in [0.5, 0.6) is 0 Å². The molecule has 3 heterocycles. The Bertz CT molecular complexity index is 944. The van der Waals surface area contributed by atoms with Crippen molar-refractivity contribution < 1.29 is 4.52 Å². The zero-order valence-corrected chi connectivity index (χ0v) is 12.1. The van der Waals surface area contributed by atoms with Crippen molar-refractivity contribution in [2.24, 2.45) is 14.1 Å². The van der Waals surface area contributed by atoms with Crippen LogP contribution in [-0.2, 0) is 14.1 Å². The quantitative estimate of drug-likeness (QED) is 0.644. The van der Waals surface area contributed by atoms with Gasteiger partial charge in [0.15, 0.2) is 17.0 Å². The largest absolute Gasteiger partial charge is 0.337 e. The first-order chi connectivity index (χ1) is 9.91. The lowest BCUT2D eigenvalue weighted by atomic mass is 10.3. The van der Waals surface area contributed by atoms with Gasteiger partial charge in [0.2, 0.25) is 5.89 Å². The van der Waals surface area contributed by atoms with Crippen molar-refractivity contribution >= 4 is 11.2 Å². The highest BCUT2D eigenvalue weighted by atomic mass is 16.5. The molecule has 0 bridgehead atoms. The predicted molar refractivity (Wildman–Crippen MR) is 73.1 cm³/mol. The van der Waals surface area contributed by atoms with E-state index >= 15 is 0 Å². The number of hydrogen-bond acceptors (Lipinski definition) is 6. The van der Waals surface area contributed by atoms with Crippen LogP contribution in [-0.4, -0.2) is 28.8 Å². The molecule has 3 rings (SSSR count). The summed E-state index contributed by atoms with van der Waals surface area (Å²) in [5, 5.41) is 3.74. The van der Waals surface area contributed by atoms with Gasteiger partial charge in [0.1, 0.15) is 6.04 Å². The molecule has 9 heteroatoms. The summed E-state index contributed by atoms with van der Waals surface area (Å²) in [6.45, 7) is 3.53. The lowest BCUT2D eigenvalue weighted by Gasteiger charge is -2.10. The summed E-state index contributed by atoms with van der Waals surface area (Å²) in [5.74, 6) is 0.893. The lowest BCUT2D eigenvalue weighted by Crippen LogP contribution is -2.37. The van der Waals surface area contributed by atoms with E-state index in [1.165, 1.54) is 17.9 Å². The van der Waals surface area contributed by atoms with Crippen molar-refractivity contribution in [2.45, 2.75) is 19.9 Å². The average molecular weight is 290 g/mol. The number of aromatic nitrogens is 6. The molecule has 1 atom stereocenters. The van der Waals surface area contributed by atoms with E-state index in [9.17, 15) is 9.59 Å². The first-order valence-electron chi connectivity index (χ1n) is 6.34. The molecule has 0 radical (unpaired) electrons. The number of hydrogen-bond donors (Lipinski definition) is 0. The van der Waals surface area contributed by atoms with Gasteiger partial charge in [-0.05, 0) is 13.8 Å². The Kier molecular flexibility index (Phi) is 2.78. The molecule has 0 aliphatic heterocycles. The number of nitrogens with zero attached hydrogens (tertiary/aromatic N) is 6. The first kappa shape index (κ1) is 13.3. The highest BCUT2D eigenvalue weighted by Crippen LogP contribution is 2.19. The Hall–Kier alpha value is -2.71. The SMILES string of the molecule is Cc1noc([C@@H](C)n2cnc3c2c(=O)n(C)c(=O)n3C)n1. The van der Waals surface area contributed by atoms with E-state index < -0.39 is 11.2 Å². The van der Waals surface area contributed by atoms with E-state index in [1.807, 2.05) is 6.92 Å². The van der Waals surface area contributed by atoms with E-state index in [0.717, 1.165) is 4.57 Å². The van der Waals surface area contributed by atoms with Crippen molar-refractivity contribution in [2.75, 3.05) is 0 Å². The molecule has 0 unspecified atom stereocenters. The highest BCUT2D eigenvalue weighted by Gasteiger charge is 2.21. The van der Waals surface area contributed by atoms with E-state index in [4.69, 9.17) is 4.52 Å². The fourth-order valence-electron chi connectivity index (χ4n) is 2.26. The maximum absolute atomic E-state index is 12.3. The van der Waals surface area contributed by atoms with Gasteiger partial charge in [-0.1, -0.05) is 5.16 Å². The van der Waals surface area contributed by atoms with Crippen LogP contribution in [0.15, 0.2) is 20.4 Å². The molecule has 0 amide bonds. The normalized spacial score (nSPS) is 13.0. The molecule has 3 aromatic heterocycles. The fraction of sp³-hybridized carbons (Fsp3) is 0.417. The molecule has 0 saturated carbocycles. The summed E-state index contributed by atoms with van der Waals surface area (Å²) in [4.78, 5) is 32.6. The van der Waals surface area contributed by atoms with Crippen LogP contribution in [0.3, 0.4) is 0 Å². The summed E-state index contributed by atoms with van der Waals surface area (Å²) in [6.07, 6.45) is 1.50. The van der Waals surface area contributed by atoms with Gasteiger partial charge in [0.05, 0.1) is 6.33 Å². The van der Waals surface area contributed by atoms with Gasteiger partial charge in [-0.25, -0.2) is 9.78 Å². The second-order valence-corrected chi connectivity index (χ2v) is 4.89. The van der Waals surface area contributed by atoms with Crippen LogP contribution in [0.25, 0.3) is 11.2 Å². The molecule has 0 aliphatic rings. The second kappa shape index (κ2) is 4.40. The predicted octanol–water partition coefficient (Wildman–Crippen LogP) is -0.266. The van der Waals surface area contributed by atoms with Crippen molar-refractivity contribution in [1.82, 2.24) is 28.8 Å². The molecule has 0 saturated heterocycles. The third-order valence-electron chi connectivity index (χ3n) is 3.49. The summed E-state index contributed by atoms with van der Waals surface area (Å²) in [7, 11) is 3.01. The maximum atomic E-state index is 12.3. The van der Waals surface area contributed by atoms with E-state index in [0.29, 0.717) is 22.9 Å². The summed E-state index contributed by atoms with van der Waals surface area (Å²) >= 11 is 0. The molecule has 0 aromatic carbocycles. The van der Waals surface area contributed by atoms with Gasteiger partial charge in [-0.3, -0.25) is 13.9 Å². The third kappa shape index (κ3) is 1.81. The molecular formula is C12H14N6O3. The van der Waals surface area contributed by atoms with Gasteiger partial charge in [0, 0.05) is 14.1 Å². The first-order valence-corrected chi connectivity index (χ1v) is 6.34. The zero-order chi connectivity index (χ0) is 15.3. The minimum atomic E-state index is -0.418. The number of imidazole rings is 1. The Balaban J connectivity index is 2.30. The van der Waals surface area contributed by atoms with Crippen LogP contribution in [0.4, 0.5) is 0 Å². The van der Waals surface area contributed by atoms with Gasteiger partial charge in [0.25, 0.3) is 5.56 Å². The van der Waals surface area contributed by atoms with Gasteiger partial charge < -0.3 is 9.09 Å². The number of rotatable bonds is 2. The Labute approximate surface area is 118 Å². The van der Waals surface area contributed by atoms with E-state index in [2.05, 4.69) is 15.1 Å². The monoisotopic (exact) mass is 290 g/mol. The van der Waals surface area contributed by atoms with Crippen molar-refractivity contribution in [3.8, 4) is 0 Å². The minimum Gasteiger partial charge on any atom is -0.337 e. The molecule has 0 fully saturated rings. The van der Waals surface area contributed by atoms with E-state index in [-0.39, 0.29) is 6.04 Å². The van der Waals surface area contributed by atoms with Gasteiger partial charge >= 0.3 is 5.69 Å².